The molecule has 1 aliphatic rings. The summed E-state index contributed by atoms with van der Waals surface area (Å²) in [5.41, 5.74) is 1.49. The largest absolute Gasteiger partial charge is 0.377 e. The van der Waals surface area contributed by atoms with E-state index in [-0.39, 0.29) is 24.0 Å². The predicted octanol–water partition coefficient (Wildman–Crippen LogP) is 3.02. The van der Waals surface area contributed by atoms with Crippen molar-refractivity contribution in [1.82, 2.24) is 15.5 Å². The highest BCUT2D eigenvalue weighted by Crippen LogP contribution is 2.10. The van der Waals surface area contributed by atoms with Crippen LogP contribution in [0.3, 0.4) is 0 Å². The number of nitrogens with zero attached hydrogens (tertiary/aromatic N) is 2. The molecular formula is C18H37IN4O. The van der Waals surface area contributed by atoms with Crippen molar-refractivity contribution in [3.05, 3.63) is 11.6 Å². The van der Waals surface area contributed by atoms with Crippen LogP contribution >= 0.6 is 24.0 Å². The number of ether oxygens (including phenoxy) is 1. The van der Waals surface area contributed by atoms with E-state index in [0.29, 0.717) is 12.1 Å². The molecule has 0 saturated heterocycles. The van der Waals surface area contributed by atoms with Gasteiger partial charge in [0.05, 0.1) is 13.2 Å². The monoisotopic (exact) mass is 452 g/mol. The van der Waals surface area contributed by atoms with Gasteiger partial charge >= 0.3 is 0 Å². The second kappa shape index (κ2) is 13.9. The van der Waals surface area contributed by atoms with Crippen molar-refractivity contribution in [2.45, 2.75) is 59.0 Å². The third-order valence-corrected chi connectivity index (χ3v) is 4.23. The average Bonchev–Trinajstić information content (AvgIpc) is 2.53. The molecule has 0 aromatic rings. The highest BCUT2D eigenvalue weighted by molar-refractivity contribution is 14.0. The fourth-order valence-corrected chi connectivity index (χ4v) is 2.94. The third kappa shape index (κ3) is 9.84. The second-order valence-electron chi connectivity index (χ2n) is 6.64. The Labute approximate surface area is 165 Å². The van der Waals surface area contributed by atoms with Crippen LogP contribution in [0.4, 0.5) is 0 Å². The Balaban J connectivity index is 0.00000529. The lowest BCUT2D eigenvalue weighted by Crippen LogP contribution is -2.41. The van der Waals surface area contributed by atoms with Gasteiger partial charge in [-0.3, -0.25) is 9.89 Å². The van der Waals surface area contributed by atoms with Crippen molar-refractivity contribution >= 4 is 29.9 Å². The molecule has 0 aliphatic carbocycles. The molecule has 1 aliphatic heterocycles. The Morgan fingerprint density at radius 1 is 1.21 bits per heavy atom. The first-order valence-corrected chi connectivity index (χ1v) is 9.00. The van der Waals surface area contributed by atoms with E-state index in [2.05, 4.69) is 54.3 Å². The van der Waals surface area contributed by atoms with Crippen LogP contribution < -0.4 is 10.6 Å². The minimum absolute atomic E-state index is 0. The first kappa shape index (κ1) is 23.7. The maximum Gasteiger partial charge on any atom is 0.190 e. The van der Waals surface area contributed by atoms with Gasteiger partial charge in [0.25, 0.3) is 0 Å². The summed E-state index contributed by atoms with van der Waals surface area (Å²) in [7, 11) is 1.83. The zero-order valence-corrected chi connectivity index (χ0v) is 18.4. The molecule has 0 saturated carbocycles. The lowest BCUT2D eigenvalue weighted by atomic mass is 10.1. The van der Waals surface area contributed by atoms with Gasteiger partial charge in [-0.2, -0.15) is 0 Å². The van der Waals surface area contributed by atoms with Crippen LogP contribution in [-0.4, -0.2) is 62.8 Å². The fraction of sp³-hybridized carbons (Fsp3) is 0.833. The van der Waals surface area contributed by atoms with Crippen LogP contribution in [-0.2, 0) is 4.74 Å². The van der Waals surface area contributed by atoms with E-state index in [1.54, 1.807) is 0 Å². The van der Waals surface area contributed by atoms with E-state index in [1.807, 2.05) is 7.05 Å². The van der Waals surface area contributed by atoms with Crippen LogP contribution in [0, 0.1) is 0 Å². The molecule has 142 valence electrons. The maximum absolute atomic E-state index is 5.33. The number of hydrogen-bond donors (Lipinski definition) is 2. The van der Waals surface area contributed by atoms with Crippen LogP contribution in [0.5, 0.6) is 0 Å². The summed E-state index contributed by atoms with van der Waals surface area (Å²) in [5, 5.41) is 6.80. The molecule has 5 nitrogen and oxygen atoms in total. The SMILES string of the molecule is CN=C(NCCCN(C(C)C)C(C)C)NCCC1=CCOCC1.I. The highest BCUT2D eigenvalue weighted by atomic mass is 127. The van der Waals surface area contributed by atoms with Crippen molar-refractivity contribution in [2.24, 2.45) is 4.99 Å². The van der Waals surface area contributed by atoms with Crippen LogP contribution in [0.25, 0.3) is 0 Å². The molecule has 0 amide bonds. The zero-order valence-electron chi connectivity index (χ0n) is 16.1. The molecule has 1 heterocycles. The van der Waals surface area contributed by atoms with Crippen molar-refractivity contribution in [2.75, 3.05) is 39.9 Å². The number of rotatable bonds is 9. The van der Waals surface area contributed by atoms with Gasteiger partial charge in [-0.05, 0) is 47.0 Å². The minimum Gasteiger partial charge on any atom is -0.377 e. The lowest BCUT2D eigenvalue weighted by Gasteiger charge is -2.30. The van der Waals surface area contributed by atoms with Gasteiger partial charge in [0.15, 0.2) is 5.96 Å². The summed E-state index contributed by atoms with van der Waals surface area (Å²) in [4.78, 5) is 6.82. The Morgan fingerprint density at radius 3 is 2.42 bits per heavy atom. The molecule has 24 heavy (non-hydrogen) atoms. The fourth-order valence-electron chi connectivity index (χ4n) is 2.94. The molecule has 0 radical (unpaired) electrons. The van der Waals surface area contributed by atoms with E-state index in [4.69, 9.17) is 4.74 Å². The summed E-state index contributed by atoms with van der Waals surface area (Å²) in [6, 6.07) is 1.19. The molecule has 6 heteroatoms. The zero-order chi connectivity index (χ0) is 17.1. The first-order valence-electron chi connectivity index (χ1n) is 9.00. The number of hydrogen-bond acceptors (Lipinski definition) is 3. The highest BCUT2D eigenvalue weighted by Gasteiger charge is 2.12. The summed E-state index contributed by atoms with van der Waals surface area (Å²) in [6.07, 6.45) is 5.46. The summed E-state index contributed by atoms with van der Waals surface area (Å²) in [5.74, 6) is 0.901. The van der Waals surface area contributed by atoms with E-state index in [9.17, 15) is 0 Å². The third-order valence-electron chi connectivity index (χ3n) is 4.23. The molecule has 0 aromatic carbocycles. The Morgan fingerprint density at radius 2 is 1.88 bits per heavy atom. The Hall–Kier alpha value is -0.340. The normalized spacial score (nSPS) is 15.5. The van der Waals surface area contributed by atoms with Crippen molar-refractivity contribution < 1.29 is 4.74 Å². The second-order valence-corrected chi connectivity index (χ2v) is 6.64. The summed E-state index contributed by atoms with van der Waals surface area (Å²) >= 11 is 0. The van der Waals surface area contributed by atoms with Crippen LogP contribution in [0.1, 0.15) is 47.0 Å². The van der Waals surface area contributed by atoms with Crippen molar-refractivity contribution in [3.8, 4) is 0 Å². The van der Waals surface area contributed by atoms with Crippen molar-refractivity contribution in [1.29, 1.82) is 0 Å². The molecule has 0 spiro atoms. The molecule has 1 rings (SSSR count). The maximum atomic E-state index is 5.33. The van der Waals surface area contributed by atoms with Gasteiger partial charge in [-0.15, -0.1) is 24.0 Å². The molecular weight excluding hydrogens is 415 g/mol. The quantitative estimate of drug-likeness (QED) is 0.186. The number of halogens is 1. The Kier molecular flexibility index (Phi) is 13.7. The van der Waals surface area contributed by atoms with Crippen LogP contribution in [0.2, 0.25) is 0 Å². The number of nitrogens with one attached hydrogen (secondary N) is 2. The smallest absolute Gasteiger partial charge is 0.190 e. The first-order chi connectivity index (χ1) is 11.0. The molecule has 0 aromatic heterocycles. The van der Waals surface area contributed by atoms with Gasteiger partial charge in [-0.25, -0.2) is 0 Å². The van der Waals surface area contributed by atoms with E-state index in [0.717, 1.165) is 58.1 Å². The molecule has 0 bridgehead atoms. The van der Waals surface area contributed by atoms with E-state index in [1.165, 1.54) is 5.57 Å². The van der Waals surface area contributed by atoms with Gasteiger partial charge in [0.2, 0.25) is 0 Å². The van der Waals surface area contributed by atoms with E-state index >= 15 is 0 Å². The van der Waals surface area contributed by atoms with Gasteiger partial charge in [0, 0.05) is 38.8 Å². The summed E-state index contributed by atoms with van der Waals surface area (Å²) < 4.78 is 5.33. The average molecular weight is 452 g/mol. The van der Waals surface area contributed by atoms with Gasteiger partial charge in [0.1, 0.15) is 0 Å². The molecule has 0 atom stereocenters. The lowest BCUT2D eigenvalue weighted by molar-refractivity contribution is 0.153. The van der Waals surface area contributed by atoms with E-state index < -0.39 is 0 Å². The standard InChI is InChI=1S/C18H36N4O.HI/c1-15(2)22(16(3)4)12-6-10-20-18(19-5)21-11-7-17-8-13-23-14-9-17;/h8,15-16H,6-7,9-14H2,1-5H3,(H2,19,20,21);1H. The molecule has 0 fully saturated rings. The molecule has 0 unspecified atom stereocenters. The predicted molar refractivity (Wildman–Crippen MR) is 115 cm³/mol. The minimum atomic E-state index is 0. The number of aliphatic imine (C=N–C) groups is 1. The molecule has 2 N–H and O–H groups in total. The van der Waals surface area contributed by atoms with Gasteiger partial charge < -0.3 is 15.4 Å². The number of guanidine groups is 1. The van der Waals surface area contributed by atoms with Crippen LogP contribution in [0.15, 0.2) is 16.6 Å². The van der Waals surface area contributed by atoms with Crippen molar-refractivity contribution in [3.63, 3.8) is 0 Å². The Bertz CT molecular complexity index is 375. The topological polar surface area (TPSA) is 48.9 Å². The van der Waals surface area contributed by atoms with Gasteiger partial charge in [-0.1, -0.05) is 11.6 Å². The summed E-state index contributed by atoms with van der Waals surface area (Å²) in [6.45, 7) is 13.7.